The Hall–Kier alpha value is -1.84. The minimum atomic E-state index is 0.829. The number of anilines is 1. The van der Waals surface area contributed by atoms with E-state index in [0.29, 0.717) is 0 Å². The summed E-state index contributed by atoms with van der Waals surface area (Å²) in [6.45, 7) is 2.04. The van der Waals surface area contributed by atoms with Gasteiger partial charge >= 0.3 is 0 Å². The van der Waals surface area contributed by atoms with Crippen molar-refractivity contribution in [2.24, 2.45) is 0 Å². The van der Waals surface area contributed by atoms with Gasteiger partial charge in [0.25, 0.3) is 0 Å². The van der Waals surface area contributed by atoms with Crippen LogP contribution in [0, 0.1) is 6.92 Å². The fraction of sp³-hybridized carbons (Fsp3) is 0.111. The molecule has 0 unspecified atom stereocenters. The van der Waals surface area contributed by atoms with E-state index in [1.54, 1.807) is 4.68 Å². The molecule has 0 atom stereocenters. The Morgan fingerprint density at radius 2 is 1.85 bits per heavy atom. The van der Waals surface area contributed by atoms with Gasteiger partial charge < -0.3 is 5.73 Å². The summed E-state index contributed by atoms with van der Waals surface area (Å²) in [7, 11) is 0. The summed E-state index contributed by atoms with van der Waals surface area (Å²) in [5.74, 6) is 1.02. The van der Waals surface area contributed by atoms with Crippen molar-refractivity contribution in [1.29, 1.82) is 0 Å². The lowest BCUT2D eigenvalue weighted by Crippen LogP contribution is -1.92. The van der Waals surface area contributed by atoms with Crippen LogP contribution in [0.1, 0.15) is 5.56 Å². The van der Waals surface area contributed by atoms with E-state index in [-0.39, 0.29) is 0 Å². The first-order valence-corrected chi connectivity index (χ1v) is 4.00. The smallest absolute Gasteiger partial charge is 0.197 e. The number of nitrogens with two attached hydrogens (primary N) is 1. The SMILES string of the molecule is Cc1ccc(N)cc1.c1c2nnn1-2. The molecule has 4 nitrogen and oxygen atoms in total. The molecular weight excluding hydrogens is 164 g/mol. The average Bonchev–Trinajstić information content (AvgIpc) is 2.66. The largest absolute Gasteiger partial charge is 0.399 e. The maximum absolute atomic E-state index is 5.43. The second kappa shape index (κ2) is 2.90. The third-order valence-corrected chi connectivity index (χ3v) is 1.73. The van der Waals surface area contributed by atoms with Gasteiger partial charge in [-0.2, -0.15) is 4.68 Å². The average molecular weight is 174 g/mol. The van der Waals surface area contributed by atoms with Crippen LogP contribution in [0.2, 0.25) is 0 Å². The van der Waals surface area contributed by atoms with E-state index in [4.69, 9.17) is 5.73 Å². The zero-order valence-corrected chi connectivity index (χ0v) is 7.31. The van der Waals surface area contributed by atoms with E-state index in [0.717, 1.165) is 11.5 Å². The minimum absolute atomic E-state index is 0.829. The Morgan fingerprint density at radius 1 is 1.23 bits per heavy atom. The Balaban J connectivity index is 0.000000110. The second-order valence-electron chi connectivity index (χ2n) is 2.93. The standard InChI is InChI=1S/C7H9N.C2HN3/c1-6-2-4-7(8)5-3-6;1-2-3-4-5(1)2/h2-5H,8H2,1H3;1H. The predicted octanol–water partition coefficient (Wildman–Crippen LogP) is 1.16. The highest BCUT2D eigenvalue weighted by atomic mass is 15.6. The molecule has 2 heterocycles. The van der Waals surface area contributed by atoms with E-state index in [1.807, 2.05) is 37.4 Å². The molecular formula is C9H10N4. The lowest BCUT2D eigenvalue weighted by molar-refractivity contribution is 0.738. The van der Waals surface area contributed by atoms with E-state index >= 15 is 0 Å². The number of aromatic nitrogens is 3. The predicted molar refractivity (Wildman–Crippen MR) is 50.5 cm³/mol. The molecule has 13 heavy (non-hydrogen) atoms. The Morgan fingerprint density at radius 3 is 2.08 bits per heavy atom. The Kier molecular flexibility index (Phi) is 1.73. The maximum atomic E-state index is 5.43. The molecule has 3 rings (SSSR count). The minimum Gasteiger partial charge on any atom is -0.399 e. The number of nitrogen functional groups attached to an aromatic ring is 1. The topological polar surface area (TPSA) is 56.7 Å². The quantitative estimate of drug-likeness (QED) is 0.520. The molecule has 0 fully saturated rings. The Labute approximate surface area is 76.0 Å². The highest BCUT2D eigenvalue weighted by Crippen LogP contribution is 2.10. The highest BCUT2D eigenvalue weighted by molar-refractivity contribution is 5.38. The lowest BCUT2D eigenvalue weighted by atomic mass is 10.2. The first-order chi connectivity index (χ1) is 6.25. The van der Waals surface area contributed by atoms with E-state index in [2.05, 4.69) is 10.3 Å². The summed E-state index contributed by atoms with van der Waals surface area (Å²) < 4.78 is 1.72. The van der Waals surface area contributed by atoms with Gasteiger partial charge in [0, 0.05) is 5.69 Å². The van der Waals surface area contributed by atoms with Crippen LogP contribution in [-0.4, -0.2) is 15.0 Å². The zero-order chi connectivity index (χ0) is 9.26. The number of hydrogen-bond acceptors (Lipinski definition) is 3. The maximum Gasteiger partial charge on any atom is 0.197 e. The molecule has 4 heteroatoms. The van der Waals surface area contributed by atoms with Crippen molar-refractivity contribution in [2.45, 2.75) is 6.92 Å². The van der Waals surface area contributed by atoms with Crippen LogP contribution in [0.4, 0.5) is 5.69 Å². The fourth-order valence-electron chi connectivity index (χ4n) is 0.847. The molecule has 0 aliphatic carbocycles. The van der Waals surface area contributed by atoms with Gasteiger partial charge in [-0.05, 0) is 19.1 Å². The summed E-state index contributed by atoms with van der Waals surface area (Å²) in [6, 6.07) is 7.79. The van der Waals surface area contributed by atoms with Gasteiger partial charge in [-0.3, -0.25) is 0 Å². The van der Waals surface area contributed by atoms with Gasteiger partial charge in [-0.1, -0.05) is 22.9 Å². The van der Waals surface area contributed by atoms with Crippen molar-refractivity contribution in [2.75, 3.05) is 5.73 Å². The van der Waals surface area contributed by atoms with Crippen LogP contribution >= 0.6 is 0 Å². The summed E-state index contributed by atoms with van der Waals surface area (Å²) >= 11 is 0. The van der Waals surface area contributed by atoms with E-state index in [9.17, 15) is 0 Å². The number of aryl methyl sites for hydroxylation is 1. The molecule has 2 N–H and O–H groups in total. The van der Waals surface area contributed by atoms with Crippen molar-refractivity contribution in [1.82, 2.24) is 15.0 Å². The van der Waals surface area contributed by atoms with Gasteiger partial charge in [0.1, 0.15) is 0 Å². The molecule has 0 spiro atoms. The molecule has 2 aliphatic heterocycles. The van der Waals surface area contributed by atoms with Crippen molar-refractivity contribution in [3.63, 3.8) is 0 Å². The van der Waals surface area contributed by atoms with Gasteiger partial charge in [0.2, 0.25) is 0 Å². The molecule has 1 aromatic carbocycles. The molecule has 66 valence electrons. The summed E-state index contributed by atoms with van der Waals surface area (Å²) in [6.07, 6.45) is 1.86. The first-order valence-electron chi connectivity index (χ1n) is 4.00. The molecule has 0 amide bonds. The molecule has 0 saturated heterocycles. The van der Waals surface area contributed by atoms with Gasteiger partial charge in [-0.25, -0.2) is 0 Å². The van der Waals surface area contributed by atoms with E-state index in [1.165, 1.54) is 5.56 Å². The van der Waals surface area contributed by atoms with Crippen LogP contribution in [-0.2, 0) is 0 Å². The van der Waals surface area contributed by atoms with Crippen LogP contribution in [0.5, 0.6) is 0 Å². The summed E-state index contributed by atoms with van der Waals surface area (Å²) in [5, 5.41) is 7.06. The molecule has 0 saturated carbocycles. The number of hydrogen-bond donors (Lipinski definition) is 1. The molecule has 0 aromatic heterocycles. The highest BCUT2D eigenvalue weighted by Gasteiger charge is 2.14. The molecule has 0 radical (unpaired) electrons. The van der Waals surface area contributed by atoms with Gasteiger partial charge in [0.05, 0.1) is 6.20 Å². The number of nitrogens with zero attached hydrogens (tertiary/aromatic N) is 3. The van der Waals surface area contributed by atoms with Crippen molar-refractivity contribution in [3.05, 3.63) is 36.0 Å². The van der Waals surface area contributed by atoms with Crippen molar-refractivity contribution in [3.8, 4) is 5.82 Å². The second-order valence-corrected chi connectivity index (χ2v) is 2.93. The Bertz CT molecular complexity index is 357. The van der Waals surface area contributed by atoms with Crippen molar-refractivity contribution >= 4 is 5.69 Å². The summed E-state index contributed by atoms with van der Waals surface area (Å²) in [5.41, 5.74) is 7.51. The first kappa shape index (κ1) is 7.79. The third-order valence-electron chi connectivity index (χ3n) is 1.73. The zero-order valence-electron chi connectivity index (χ0n) is 7.31. The lowest BCUT2D eigenvalue weighted by Gasteiger charge is -1.90. The van der Waals surface area contributed by atoms with Crippen LogP contribution in [0.25, 0.3) is 5.82 Å². The molecule has 2 aliphatic rings. The van der Waals surface area contributed by atoms with Gasteiger partial charge in [-0.15, -0.1) is 5.10 Å². The van der Waals surface area contributed by atoms with Crippen LogP contribution in [0.15, 0.2) is 30.5 Å². The monoisotopic (exact) mass is 174 g/mol. The third kappa shape index (κ3) is 1.84. The fourth-order valence-corrected chi connectivity index (χ4v) is 0.847. The molecule has 0 bridgehead atoms. The normalized spacial score (nSPS) is 10.2. The van der Waals surface area contributed by atoms with Crippen LogP contribution in [0.3, 0.4) is 0 Å². The summed E-state index contributed by atoms with van der Waals surface area (Å²) in [4.78, 5) is 0. The van der Waals surface area contributed by atoms with E-state index < -0.39 is 0 Å². The van der Waals surface area contributed by atoms with Crippen LogP contribution < -0.4 is 5.73 Å². The van der Waals surface area contributed by atoms with Crippen molar-refractivity contribution < 1.29 is 0 Å². The molecule has 1 aromatic rings. The number of fused-ring (bicyclic) bond motifs is 1. The number of benzene rings is 1. The van der Waals surface area contributed by atoms with Gasteiger partial charge in [0.15, 0.2) is 5.82 Å². The number of rotatable bonds is 0.